The molecule has 2 aromatic rings. The van der Waals surface area contributed by atoms with Crippen molar-refractivity contribution in [3.05, 3.63) is 45.9 Å². The zero-order valence-electron chi connectivity index (χ0n) is 10.2. The third kappa shape index (κ3) is 4.01. The molecule has 0 aliphatic carbocycles. The van der Waals surface area contributed by atoms with Crippen molar-refractivity contribution in [2.45, 2.75) is 24.3 Å². The molecule has 0 aliphatic rings. The zero-order valence-corrected chi connectivity index (χ0v) is 12.6. The van der Waals surface area contributed by atoms with Gasteiger partial charge in [0.2, 0.25) is 10.0 Å². The molecule has 2 aromatic heterocycles. The van der Waals surface area contributed by atoms with Crippen LogP contribution >= 0.6 is 22.9 Å². The van der Waals surface area contributed by atoms with Gasteiger partial charge >= 0.3 is 0 Å². The molecule has 0 fully saturated rings. The first-order valence-corrected chi connectivity index (χ1v) is 8.43. The maximum atomic E-state index is 12.1. The number of pyridine rings is 1. The summed E-state index contributed by atoms with van der Waals surface area (Å²) in [5, 5.41) is 4.25. The number of hydrogen-bond acceptors (Lipinski definition) is 4. The number of nitrogens with zero attached hydrogens (tertiary/aromatic N) is 1. The van der Waals surface area contributed by atoms with Crippen LogP contribution in [-0.4, -0.2) is 19.4 Å². The fraction of sp³-hybridized carbons (Fsp3) is 0.250. The molecule has 0 saturated heterocycles. The summed E-state index contributed by atoms with van der Waals surface area (Å²) in [5.74, 6) is 0. The molecule has 19 heavy (non-hydrogen) atoms. The van der Waals surface area contributed by atoms with Crippen molar-refractivity contribution >= 4 is 33.0 Å². The second-order valence-electron chi connectivity index (χ2n) is 4.17. The van der Waals surface area contributed by atoms with Gasteiger partial charge in [0.25, 0.3) is 0 Å². The number of aromatic nitrogens is 1. The lowest BCUT2D eigenvalue weighted by Gasteiger charge is -2.13. The van der Waals surface area contributed by atoms with Crippen LogP contribution in [0.2, 0.25) is 5.15 Å². The molecule has 102 valence electrons. The van der Waals surface area contributed by atoms with Crippen LogP contribution in [0.5, 0.6) is 0 Å². The topological polar surface area (TPSA) is 59.1 Å². The number of thiophene rings is 1. The van der Waals surface area contributed by atoms with Gasteiger partial charge in [0.05, 0.1) is 0 Å². The SMILES string of the molecule is CC(Cc1ccsc1)NS(=O)(=O)c1ccc(Cl)nc1. The Balaban J connectivity index is 2.06. The molecule has 4 nitrogen and oxygen atoms in total. The minimum absolute atomic E-state index is 0.120. The van der Waals surface area contributed by atoms with Crippen molar-refractivity contribution in [2.75, 3.05) is 0 Å². The first-order valence-electron chi connectivity index (χ1n) is 5.62. The molecule has 0 amide bonds. The molecule has 1 unspecified atom stereocenters. The van der Waals surface area contributed by atoms with Gasteiger partial charge in [-0.25, -0.2) is 18.1 Å². The van der Waals surface area contributed by atoms with E-state index in [1.807, 2.05) is 23.8 Å². The van der Waals surface area contributed by atoms with Crippen LogP contribution in [0.15, 0.2) is 40.1 Å². The van der Waals surface area contributed by atoms with Gasteiger partial charge in [-0.15, -0.1) is 0 Å². The summed E-state index contributed by atoms with van der Waals surface area (Å²) in [4.78, 5) is 3.90. The fourth-order valence-corrected chi connectivity index (χ4v) is 3.64. The third-order valence-corrected chi connectivity index (χ3v) is 5.02. The van der Waals surface area contributed by atoms with Gasteiger partial charge < -0.3 is 0 Å². The maximum absolute atomic E-state index is 12.1. The quantitative estimate of drug-likeness (QED) is 0.863. The predicted molar refractivity (Wildman–Crippen MR) is 77.1 cm³/mol. The number of sulfonamides is 1. The Bertz CT molecular complexity index is 624. The van der Waals surface area contributed by atoms with Crippen LogP contribution in [0.1, 0.15) is 12.5 Å². The highest BCUT2D eigenvalue weighted by Gasteiger charge is 2.17. The molecule has 2 rings (SSSR count). The van der Waals surface area contributed by atoms with Crippen LogP contribution in [-0.2, 0) is 16.4 Å². The summed E-state index contributed by atoms with van der Waals surface area (Å²) in [7, 11) is -3.55. The van der Waals surface area contributed by atoms with E-state index in [1.165, 1.54) is 18.3 Å². The van der Waals surface area contributed by atoms with Crippen molar-refractivity contribution in [1.29, 1.82) is 0 Å². The largest absolute Gasteiger partial charge is 0.243 e. The van der Waals surface area contributed by atoms with Gasteiger partial charge in [0, 0.05) is 12.2 Å². The van der Waals surface area contributed by atoms with Crippen molar-refractivity contribution in [1.82, 2.24) is 9.71 Å². The molecule has 1 N–H and O–H groups in total. The van der Waals surface area contributed by atoms with Crippen LogP contribution < -0.4 is 4.72 Å². The van der Waals surface area contributed by atoms with E-state index >= 15 is 0 Å². The monoisotopic (exact) mass is 316 g/mol. The van der Waals surface area contributed by atoms with Crippen LogP contribution in [0.4, 0.5) is 0 Å². The van der Waals surface area contributed by atoms with Crippen LogP contribution in [0, 0.1) is 0 Å². The molecule has 0 saturated carbocycles. The molecular formula is C12H13ClN2O2S2. The maximum Gasteiger partial charge on any atom is 0.242 e. The Morgan fingerprint density at radius 2 is 2.21 bits per heavy atom. The lowest BCUT2D eigenvalue weighted by Crippen LogP contribution is -2.34. The van der Waals surface area contributed by atoms with Crippen LogP contribution in [0.25, 0.3) is 0 Å². The third-order valence-electron chi connectivity index (χ3n) is 2.49. The van der Waals surface area contributed by atoms with Crippen molar-refractivity contribution in [3.63, 3.8) is 0 Å². The van der Waals surface area contributed by atoms with Crippen LogP contribution in [0.3, 0.4) is 0 Å². The number of hydrogen-bond donors (Lipinski definition) is 1. The average Bonchev–Trinajstić information content (AvgIpc) is 2.81. The highest BCUT2D eigenvalue weighted by atomic mass is 35.5. The lowest BCUT2D eigenvalue weighted by atomic mass is 10.1. The summed E-state index contributed by atoms with van der Waals surface area (Å²) in [6.07, 6.45) is 1.91. The fourth-order valence-electron chi connectivity index (χ4n) is 1.66. The molecule has 0 spiro atoms. The summed E-state index contributed by atoms with van der Waals surface area (Å²) < 4.78 is 26.8. The van der Waals surface area contributed by atoms with E-state index in [2.05, 4.69) is 9.71 Å². The van der Waals surface area contributed by atoms with E-state index in [1.54, 1.807) is 11.3 Å². The van der Waals surface area contributed by atoms with Gasteiger partial charge in [0.1, 0.15) is 10.0 Å². The second kappa shape index (κ2) is 6.00. The molecule has 2 heterocycles. The zero-order chi connectivity index (χ0) is 13.9. The molecule has 1 atom stereocenters. The Morgan fingerprint density at radius 3 is 2.79 bits per heavy atom. The minimum atomic E-state index is -3.55. The number of halogens is 1. The highest BCUT2D eigenvalue weighted by molar-refractivity contribution is 7.89. The normalized spacial score (nSPS) is 13.4. The molecule has 7 heteroatoms. The van der Waals surface area contributed by atoms with Gasteiger partial charge in [-0.3, -0.25) is 0 Å². The van der Waals surface area contributed by atoms with Gasteiger partial charge in [-0.2, -0.15) is 11.3 Å². The predicted octanol–water partition coefficient (Wildman–Crippen LogP) is 2.71. The van der Waals surface area contributed by atoms with E-state index in [4.69, 9.17) is 11.6 Å². The Morgan fingerprint density at radius 1 is 1.42 bits per heavy atom. The standard InChI is InChI=1S/C12H13ClN2O2S2/c1-9(6-10-4-5-18-8-10)15-19(16,17)11-2-3-12(13)14-7-11/h2-5,7-9,15H,6H2,1H3. The number of nitrogens with one attached hydrogen (secondary N) is 1. The van der Waals surface area contributed by atoms with Crippen molar-refractivity contribution in [2.24, 2.45) is 0 Å². The molecule has 0 radical (unpaired) electrons. The van der Waals surface area contributed by atoms with Gasteiger partial charge in [-0.1, -0.05) is 11.6 Å². The first-order chi connectivity index (χ1) is 8.97. The molecule has 0 aromatic carbocycles. The van der Waals surface area contributed by atoms with E-state index in [-0.39, 0.29) is 16.1 Å². The van der Waals surface area contributed by atoms with Gasteiger partial charge in [-0.05, 0) is 47.9 Å². The van der Waals surface area contributed by atoms with E-state index in [0.717, 1.165) is 5.56 Å². The van der Waals surface area contributed by atoms with E-state index in [0.29, 0.717) is 6.42 Å². The van der Waals surface area contributed by atoms with Gasteiger partial charge in [0.15, 0.2) is 0 Å². The van der Waals surface area contributed by atoms with E-state index in [9.17, 15) is 8.42 Å². The Hall–Kier alpha value is -0.950. The molecule has 0 bridgehead atoms. The van der Waals surface area contributed by atoms with E-state index < -0.39 is 10.0 Å². The number of rotatable bonds is 5. The summed E-state index contributed by atoms with van der Waals surface area (Å²) in [5.41, 5.74) is 1.12. The Kier molecular flexibility index (Phi) is 4.57. The lowest BCUT2D eigenvalue weighted by molar-refractivity contribution is 0.559. The summed E-state index contributed by atoms with van der Waals surface area (Å²) >= 11 is 7.23. The first kappa shape index (κ1) is 14.5. The Labute approximate surface area is 121 Å². The van der Waals surface area contributed by atoms with Crippen molar-refractivity contribution in [3.8, 4) is 0 Å². The second-order valence-corrected chi connectivity index (χ2v) is 7.06. The molecule has 0 aliphatic heterocycles. The summed E-state index contributed by atoms with van der Waals surface area (Å²) in [6.45, 7) is 1.83. The molecular weight excluding hydrogens is 304 g/mol. The minimum Gasteiger partial charge on any atom is -0.243 e. The smallest absolute Gasteiger partial charge is 0.242 e. The highest BCUT2D eigenvalue weighted by Crippen LogP contribution is 2.13. The average molecular weight is 317 g/mol. The van der Waals surface area contributed by atoms with Crippen molar-refractivity contribution < 1.29 is 8.42 Å². The summed E-state index contributed by atoms with van der Waals surface area (Å²) in [6, 6.07) is 4.70.